The van der Waals surface area contributed by atoms with Crippen LogP contribution in [-0.2, 0) is 0 Å². The van der Waals surface area contributed by atoms with Gasteiger partial charge in [0.2, 0.25) is 0 Å². The van der Waals surface area contributed by atoms with Gasteiger partial charge in [-0.1, -0.05) is 30.3 Å². The number of hydrogen-bond acceptors (Lipinski definition) is 2. The molecular formula is C15H12N2. The van der Waals surface area contributed by atoms with Crippen LogP contribution in [0.15, 0.2) is 48.8 Å². The molecule has 82 valence electrons. The SMILES string of the molecule is Cc1cc2ccncc2c(=N)c2ccccc12. The van der Waals surface area contributed by atoms with Gasteiger partial charge in [0.05, 0.1) is 5.36 Å². The van der Waals surface area contributed by atoms with Gasteiger partial charge >= 0.3 is 0 Å². The van der Waals surface area contributed by atoms with Gasteiger partial charge in [-0.3, -0.25) is 10.4 Å². The van der Waals surface area contributed by atoms with Gasteiger partial charge in [-0.25, -0.2) is 0 Å². The number of nitrogens with zero attached hydrogens (tertiary/aromatic N) is 1. The van der Waals surface area contributed by atoms with Gasteiger partial charge in [0.25, 0.3) is 0 Å². The van der Waals surface area contributed by atoms with E-state index in [4.69, 9.17) is 5.41 Å². The van der Waals surface area contributed by atoms with Crippen molar-refractivity contribution in [1.29, 1.82) is 5.41 Å². The zero-order chi connectivity index (χ0) is 11.8. The summed E-state index contributed by atoms with van der Waals surface area (Å²) in [5.74, 6) is 0. The predicted molar refractivity (Wildman–Crippen MR) is 69.8 cm³/mol. The molecule has 0 aliphatic rings. The van der Waals surface area contributed by atoms with Gasteiger partial charge in [-0.15, -0.1) is 0 Å². The number of pyridine rings is 1. The van der Waals surface area contributed by atoms with E-state index in [-0.39, 0.29) is 0 Å². The summed E-state index contributed by atoms with van der Waals surface area (Å²) in [6.45, 7) is 2.08. The van der Waals surface area contributed by atoms with Crippen molar-refractivity contribution in [3.63, 3.8) is 0 Å². The van der Waals surface area contributed by atoms with Crippen LogP contribution >= 0.6 is 0 Å². The third kappa shape index (κ3) is 1.49. The number of aryl methyl sites for hydroxylation is 1. The van der Waals surface area contributed by atoms with Gasteiger partial charge in [-0.05, 0) is 29.3 Å². The minimum Gasteiger partial charge on any atom is -0.300 e. The standard InChI is InChI=1S/C15H12N2/c1-10-8-11-6-7-17-9-14(11)15(16)13-5-3-2-4-12(10)13/h2-9,16H,1H3. The zero-order valence-electron chi connectivity index (χ0n) is 9.57. The maximum Gasteiger partial charge on any atom is 0.0712 e. The van der Waals surface area contributed by atoms with E-state index in [2.05, 4.69) is 24.0 Å². The van der Waals surface area contributed by atoms with Crippen LogP contribution in [0.2, 0.25) is 0 Å². The monoisotopic (exact) mass is 220 g/mol. The zero-order valence-corrected chi connectivity index (χ0v) is 9.57. The quantitative estimate of drug-likeness (QED) is 0.620. The Kier molecular flexibility index (Phi) is 2.15. The molecule has 0 aliphatic heterocycles. The van der Waals surface area contributed by atoms with E-state index in [0.717, 1.165) is 21.5 Å². The molecule has 0 spiro atoms. The number of hydrogen-bond donors (Lipinski definition) is 1. The molecule has 1 heterocycles. The fraction of sp³-hybridized carbons (Fsp3) is 0.0667. The van der Waals surface area contributed by atoms with Crippen molar-refractivity contribution in [2.24, 2.45) is 0 Å². The normalized spacial score (nSPS) is 10.9. The van der Waals surface area contributed by atoms with Crippen molar-refractivity contribution < 1.29 is 0 Å². The molecule has 0 saturated heterocycles. The van der Waals surface area contributed by atoms with E-state index in [1.807, 2.05) is 24.3 Å². The lowest BCUT2D eigenvalue weighted by Gasteiger charge is -1.94. The van der Waals surface area contributed by atoms with E-state index < -0.39 is 0 Å². The summed E-state index contributed by atoms with van der Waals surface area (Å²) in [5, 5.41) is 12.9. The van der Waals surface area contributed by atoms with Gasteiger partial charge < -0.3 is 0 Å². The summed E-state index contributed by atoms with van der Waals surface area (Å²) in [6, 6.07) is 12.1. The predicted octanol–water partition coefficient (Wildman–Crippen LogP) is 3.18. The largest absolute Gasteiger partial charge is 0.300 e. The van der Waals surface area contributed by atoms with Gasteiger partial charge in [-0.2, -0.15) is 0 Å². The highest BCUT2D eigenvalue weighted by Crippen LogP contribution is 2.18. The number of rotatable bonds is 0. The molecule has 1 aromatic heterocycles. The molecule has 2 nitrogen and oxygen atoms in total. The Hall–Kier alpha value is -2.22. The maximum absolute atomic E-state index is 8.31. The second-order valence-corrected chi connectivity index (χ2v) is 4.21. The highest BCUT2D eigenvalue weighted by Gasteiger charge is 2.01. The second kappa shape index (κ2) is 3.67. The Morgan fingerprint density at radius 1 is 1.00 bits per heavy atom. The summed E-state index contributed by atoms with van der Waals surface area (Å²) in [6.07, 6.45) is 3.54. The Balaban J connectivity index is 2.73. The maximum atomic E-state index is 8.31. The summed E-state index contributed by atoms with van der Waals surface area (Å²) >= 11 is 0. The van der Waals surface area contributed by atoms with Crippen molar-refractivity contribution in [1.82, 2.24) is 4.98 Å². The van der Waals surface area contributed by atoms with Gasteiger partial charge in [0, 0.05) is 23.2 Å². The van der Waals surface area contributed by atoms with Crippen LogP contribution in [0.3, 0.4) is 0 Å². The fourth-order valence-electron chi connectivity index (χ4n) is 2.24. The van der Waals surface area contributed by atoms with Gasteiger partial charge in [0.15, 0.2) is 0 Å². The Bertz CT molecular complexity index is 776. The second-order valence-electron chi connectivity index (χ2n) is 4.21. The third-order valence-electron chi connectivity index (χ3n) is 3.12. The Morgan fingerprint density at radius 3 is 2.59 bits per heavy atom. The number of fused-ring (bicyclic) bond motifs is 2. The molecule has 0 amide bonds. The van der Waals surface area contributed by atoms with Crippen LogP contribution in [0.5, 0.6) is 0 Å². The fourth-order valence-corrected chi connectivity index (χ4v) is 2.24. The van der Waals surface area contributed by atoms with E-state index in [1.165, 1.54) is 5.56 Å². The van der Waals surface area contributed by atoms with Crippen molar-refractivity contribution in [3.05, 3.63) is 59.7 Å². The number of nitrogens with one attached hydrogen (secondary N) is 1. The molecule has 3 aromatic rings. The van der Waals surface area contributed by atoms with E-state index in [0.29, 0.717) is 5.36 Å². The first-order valence-corrected chi connectivity index (χ1v) is 5.58. The topological polar surface area (TPSA) is 36.7 Å². The molecule has 1 N–H and O–H groups in total. The van der Waals surface area contributed by atoms with Crippen LogP contribution in [0, 0.1) is 12.3 Å². The van der Waals surface area contributed by atoms with Gasteiger partial charge in [0.1, 0.15) is 0 Å². The van der Waals surface area contributed by atoms with Crippen molar-refractivity contribution in [2.45, 2.75) is 6.92 Å². The molecule has 17 heavy (non-hydrogen) atoms. The summed E-state index contributed by atoms with van der Waals surface area (Å²) in [7, 11) is 0. The summed E-state index contributed by atoms with van der Waals surface area (Å²) < 4.78 is 0. The molecule has 2 heteroatoms. The molecular weight excluding hydrogens is 208 g/mol. The van der Waals surface area contributed by atoms with E-state index in [9.17, 15) is 0 Å². The highest BCUT2D eigenvalue weighted by molar-refractivity contribution is 5.94. The molecule has 0 fully saturated rings. The first-order chi connectivity index (χ1) is 8.27. The van der Waals surface area contributed by atoms with E-state index >= 15 is 0 Å². The summed E-state index contributed by atoms with van der Waals surface area (Å²) in [5.41, 5.74) is 1.19. The molecule has 0 saturated carbocycles. The van der Waals surface area contributed by atoms with Crippen molar-refractivity contribution in [3.8, 4) is 0 Å². The molecule has 0 bridgehead atoms. The van der Waals surface area contributed by atoms with E-state index in [1.54, 1.807) is 12.4 Å². The molecule has 2 aromatic carbocycles. The smallest absolute Gasteiger partial charge is 0.0712 e. The Labute approximate surface area is 99.1 Å². The van der Waals surface area contributed by atoms with Crippen LogP contribution < -0.4 is 5.36 Å². The first kappa shape index (κ1) is 9.97. The minimum absolute atomic E-state index is 0.553. The molecule has 0 unspecified atom stereocenters. The lowest BCUT2D eigenvalue weighted by atomic mass is 10.1. The van der Waals surface area contributed by atoms with Crippen LogP contribution in [0.1, 0.15) is 5.56 Å². The third-order valence-corrected chi connectivity index (χ3v) is 3.12. The average molecular weight is 220 g/mol. The molecule has 3 rings (SSSR count). The highest BCUT2D eigenvalue weighted by atomic mass is 14.6. The first-order valence-electron chi connectivity index (χ1n) is 5.58. The molecule has 0 atom stereocenters. The number of aromatic nitrogens is 1. The number of benzene rings is 1. The van der Waals surface area contributed by atoms with Crippen molar-refractivity contribution >= 4 is 21.5 Å². The summed E-state index contributed by atoms with van der Waals surface area (Å²) in [4.78, 5) is 4.12. The van der Waals surface area contributed by atoms with Crippen LogP contribution in [0.4, 0.5) is 0 Å². The Morgan fingerprint density at radius 2 is 1.76 bits per heavy atom. The van der Waals surface area contributed by atoms with Crippen LogP contribution in [-0.4, -0.2) is 4.98 Å². The lowest BCUT2D eigenvalue weighted by molar-refractivity contribution is 1.31. The lowest BCUT2D eigenvalue weighted by Crippen LogP contribution is -1.98. The van der Waals surface area contributed by atoms with Crippen LogP contribution in [0.25, 0.3) is 21.5 Å². The molecule has 0 radical (unpaired) electrons. The van der Waals surface area contributed by atoms with Crippen molar-refractivity contribution in [2.75, 3.05) is 0 Å². The molecule has 0 aliphatic carbocycles. The minimum atomic E-state index is 0.553. The average Bonchev–Trinajstić information content (AvgIpc) is 2.48.